The van der Waals surface area contributed by atoms with Crippen LogP contribution in [-0.4, -0.2) is 16.2 Å². The Hall–Kier alpha value is -1.30. The first-order valence-electron chi connectivity index (χ1n) is 6.11. The largest absolute Gasteiger partial charge is 0.484 e. The summed E-state index contributed by atoms with van der Waals surface area (Å²) in [5.74, 6) is 1.50. The lowest BCUT2D eigenvalue weighted by molar-refractivity contribution is 0.283. The predicted molar refractivity (Wildman–Crippen MR) is 77.2 cm³/mol. The summed E-state index contributed by atoms with van der Waals surface area (Å²) < 4.78 is 10.6. The second kappa shape index (κ2) is 6.43. The van der Waals surface area contributed by atoms with Crippen molar-refractivity contribution in [3.8, 4) is 5.75 Å². The fourth-order valence-corrected chi connectivity index (χ4v) is 2.40. The monoisotopic (exact) mass is 315 g/mol. The van der Waals surface area contributed by atoms with Gasteiger partial charge in [0.2, 0.25) is 11.7 Å². The Balaban J connectivity index is 2.20. The molecular weight excluding hydrogens is 301 g/mol. The highest BCUT2D eigenvalue weighted by molar-refractivity contribution is 6.35. The summed E-state index contributed by atoms with van der Waals surface area (Å²) in [5.41, 5.74) is 6.68. The Morgan fingerprint density at radius 2 is 2.15 bits per heavy atom. The summed E-state index contributed by atoms with van der Waals surface area (Å²) in [7, 11) is 0. The maximum Gasteiger partial charge on any atom is 0.223 e. The summed E-state index contributed by atoms with van der Waals surface area (Å²) in [6, 6.07) is 3.40. The Bertz CT molecular complexity index is 599. The Labute approximate surface area is 127 Å². The van der Waals surface area contributed by atoms with E-state index < -0.39 is 0 Å². The SMILES string of the molecule is Cc1nc(COc2c(Cl)cc(Cl)cc2CC(C)N)no1. The number of nitrogens with two attached hydrogens (primary N) is 1. The standard InChI is InChI=1S/C13H15Cl2N3O2/c1-7(16)3-9-4-10(14)5-11(15)13(9)19-6-12-17-8(2)20-18-12/h4-5,7H,3,6,16H2,1-2H3. The van der Waals surface area contributed by atoms with Crippen LogP contribution in [-0.2, 0) is 13.0 Å². The van der Waals surface area contributed by atoms with E-state index in [4.69, 9.17) is 38.2 Å². The maximum absolute atomic E-state index is 6.18. The van der Waals surface area contributed by atoms with Gasteiger partial charge in [0, 0.05) is 18.0 Å². The molecule has 0 bridgehead atoms. The average Bonchev–Trinajstić information content (AvgIpc) is 2.73. The minimum Gasteiger partial charge on any atom is -0.484 e. The molecule has 7 heteroatoms. The molecule has 0 aliphatic carbocycles. The van der Waals surface area contributed by atoms with E-state index in [0.717, 1.165) is 5.56 Å². The van der Waals surface area contributed by atoms with E-state index in [2.05, 4.69) is 10.1 Å². The van der Waals surface area contributed by atoms with Gasteiger partial charge in [0.15, 0.2) is 6.61 Å². The summed E-state index contributed by atoms with van der Waals surface area (Å²) in [5, 5.41) is 4.75. The first-order chi connectivity index (χ1) is 9.45. The molecule has 1 atom stereocenters. The highest BCUT2D eigenvalue weighted by Gasteiger charge is 2.14. The lowest BCUT2D eigenvalue weighted by atomic mass is 10.1. The van der Waals surface area contributed by atoms with Crippen LogP contribution in [0.15, 0.2) is 16.7 Å². The average molecular weight is 316 g/mol. The molecule has 20 heavy (non-hydrogen) atoms. The molecule has 2 rings (SSSR count). The molecule has 1 aromatic carbocycles. The van der Waals surface area contributed by atoms with Gasteiger partial charge in [-0.15, -0.1) is 0 Å². The molecule has 2 aromatic rings. The van der Waals surface area contributed by atoms with E-state index in [9.17, 15) is 0 Å². The van der Waals surface area contributed by atoms with Crippen molar-refractivity contribution in [2.24, 2.45) is 5.73 Å². The Kier molecular flexibility index (Phi) is 4.86. The van der Waals surface area contributed by atoms with E-state index >= 15 is 0 Å². The van der Waals surface area contributed by atoms with Crippen molar-refractivity contribution in [1.82, 2.24) is 10.1 Å². The van der Waals surface area contributed by atoms with Gasteiger partial charge in [-0.2, -0.15) is 4.98 Å². The van der Waals surface area contributed by atoms with E-state index in [0.29, 0.717) is 33.9 Å². The summed E-state index contributed by atoms with van der Waals surface area (Å²) in [6.45, 7) is 3.79. The van der Waals surface area contributed by atoms with E-state index in [1.54, 1.807) is 19.1 Å². The lowest BCUT2D eigenvalue weighted by Crippen LogP contribution is -2.18. The molecule has 1 unspecified atom stereocenters. The van der Waals surface area contributed by atoms with Gasteiger partial charge in [0.1, 0.15) is 5.75 Å². The lowest BCUT2D eigenvalue weighted by Gasteiger charge is -2.14. The third-order valence-corrected chi connectivity index (χ3v) is 3.04. The van der Waals surface area contributed by atoms with Crippen molar-refractivity contribution in [2.75, 3.05) is 0 Å². The van der Waals surface area contributed by atoms with Gasteiger partial charge in [-0.3, -0.25) is 0 Å². The van der Waals surface area contributed by atoms with Gasteiger partial charge in [-0.1, -0.05) is 28.4 Å². The van der Waals surface area contributed by atoms with Gasteiger partial charge >= 0.3 is 0 Å². The number of halogens is 2. The number of rotatable bonds is 5. The Morgan fingerprint density at radius 1 is 1.40 bits per heavy atom. The van der Waals surface area contributed by atoms with Crippen molar-refractivity contribution >= 4 is 23.2 Å². The summed E-state index contributed by atoms with van der Waals surface area (Å²) in [6.07, 6.45) is 0.612. The highest BCUT2D eigenvalue weighted by Crippen LogP contribution is 2.33. The quantitative estimate of drug-likeness (QED) is 0.917. The molecule has 0 aliphatic rings. The van der Waals surface area contributed by atoms with Gasteiger partial charge in [-0.05, 0) is 31.0 Å². The normalized spacial score (nSPS) is 12.4. The maximum atomic E-state index is 6.18. The number of ether oxygens (including phenoxy) is 1. The van der Waals surface area contributed by atoms with E-state index in [-0.39, 0.29) is 12.6 Å². The number of hydrogen-bond acceptors (Lipinski definition) is 5. The van der Waals surface area contributed by atoms with Gasteiger partial charge in [0.25, 0.3) is 0 Å². The minimum atomic E-state index is -0.0284. The van der Waals surface area contributed by atoms with Crippen molar-refractivity contribution in [3.05, 3.63) is 39.5 Å². The van der Waals surface area contributed by atoms with Gasteiger partial charge < -0.3 is 15.0 Å². The molecular formula is C13H15Cl2N3O2. The zero-order valence-corrected chi connectivity index (χ0v) is 12.7. The Morgan fingerprint density at radius 3 is 2.75 bits per heavy atom. The number of hydrogen-bond donors (Lipinski definition) is 1. The summed E-state index contributed by atoms with van der Waals surface area (Å²) >= 11 is 12.2. The molecule has 0 saturated carbocycles. The molecule has 0 radical (unpaired) electrons. The second-order valence-corrected chi connectivity index (χ2v) is 5.42. The topological polar surface area (TPSA) is 74.2 Å². The molecule has 0 aliphatic heterocycles. The first kappa shape index (κ1) is 15.1. The van der Waals surface area contributed by atoms with E-state index in [1.807, 2.05) is 6.92 Å². The van der Waals surface area contributed by atoms with Crippen molar-refractivity contribution in [3.63, 3.8) is 0 Å². The molecule has 2 N–H and O–H groups in total. The molecule has 0 amide bonds. The van der Waals surface area contributed by atoms with Crippen LogP contribution in [0, 0.1) is 6.92 Å². The van der Waals surface area contributed by atoms with Crippen LogP contribution < -0.4 is 10.5 Å². The van der Waals surface area contributed by atoms with Crippen molar-refractivity contribution in [1.29, 1.82) is 0 Å². The number of aromatic nitrogens is 2. The van der Waals surface area contributed by atoms with Crippen LogP contribution in [0.5, 0.6) is 5.75 Å². The minimum absolute atomic E-state index is 0.0284. The van der Waals surface area contributed by atoms with E-state index in [1.165, 1.54) is 0 Å². The van der Waals surface area contributed by atoms with Crippen molar-refractivity contribution < 1.29 is 9.26 Å². The molecule has 0 saturated heterocycles. The van der Waals surface area contributed by atoms with Crippen LogP contribution in [0.2, 0.25) is 10.0 Å². The summed E-state index contributed by atoms with van der Waals surface area (Å²) in [4.78, 5) is 4.07. The second-order valence-electron chi connectivity index (χ2n) is 4.58. The molecule has 5 nitrogen and oxygen atoms in total. The third-order valence-electron chi connectivity index (χ3n) is 2.54. The third kappa shape index (κ3) is 3.85. The number of nitrogens with zero attached hydrogens (tertiary/aromatic N) is 2. The van der Waals surface area contributed by atoms with Crippen LogP contribution in [0.1, 0.15) is 24.2 Å². The molecule has 1 aromatic heterocycles. The fourth-order valence-electron chi connectivity index (χ4n) is 1.81. The molecule has 108 valence electrons. The predicted octanol–water partition coefficient (Wildman–Crippen LogP) is 3.15. The van der Waals surface area contributed by atoms with Crippen LogP contribution >= 0.6 is 23.2 Å². The smallest absolute Gasteiger partial charge is 0.223 e. The fraction of sp³-hybridized carbons (Fsp3) is 0.385. The van der Waals surface area contributed by atoms with Gasteiger partial charge in [-0.25, -0.2) is 0 Å². The molecule has 0 fully saturated rings. The highest BCUT2D eigenvalue weighted by atomic mass is 35.5. The van der Waals surface area contributed by atoms with Gasteiger partial charge in [0.05, 0.1) is 5.02 Å². The molecule has 1 heterocycles. The van der Waals surface area contributed by atoms with Crippen LogP contribution in [0.4, 0.5) is 0 Å². The van der Waals surface area contributed by atoms with Crippen molar-refractivity contribution in [2.45, 2.75) is 32.9 Å². The number of benzene rings is 1. The van der Waals surface area contributed by atoms with Crippen LogP contribution in [0.25, 0.3) is 0 Å². The zero-order valence-electron chi connectivity index (χ0n) is 11.2. The number of aryl methyl sites for hydroxylation is 1. The first-order valence-corrected chi connectivity index (χ1v) is 6.86. The van der Waals surface area contributed by atoms with Crippen LogP contribution in [0.3, 0.4) is 0 Å². The zero-order chi connectivity index (χ0) is 14.7. The molecule has 0 spiro atoms.